The van der Waals surface area contributed by atoms with Crippen molar-refractivity contribution in [3.05, 3.63) is 42.5 Å². The van der Waals surface area contributed by atoms with Crippen molar-refractivity contribution in [1.82, 2.24) is 0 Å². The number of amides is 1. The molecule has 1 amide bonds. The summed E-state index contributed by atoms with van der Waals surface area (Å²) >= 11 is 0. The maximum absolute atomic E-state index is 11.5. The molecule has 1 aliphatic heterocycles. The van der Waals surface area contributed by atoms with Crippen molar-refractivity contribution in [3.8, 4) is 0 Å². The fourth-order valence-corrected chi connectivity index (χ4v) is 1.50. The van der Waals surface area contributed by atoms with Crippen molar-refractivity contribution in [1.29, 1.82) is 0 Å². The van der Waals surface area contributed by atoms with Gasteiger partial charge < -0.3 is 0 Å². The third kappa shape index (κ3) is 1.42. The largest absolute Gasteiger partial charge is 0.272 e. The average Bonchev–Trinajstić information content (AvgIpc) is 2.51. The van der Waals surface area contributed by atoms with Gasteiger partial charge in [-0.3, -0.25) is 9.63 Å². The molecule has 1 aromatic carbocycles. The molecular formula is C11H11NO2. The zero-order valence-corrected chi connectivity index (χ0v) is 7.77. The van der Waals surface area contributed by atoms with E-state index in [1.807, 2.05) is 24.3 Å². The van der Waals surface area contributed by atoms with Gasteiger partial charge in [-0.2, -0.15) is 5.06 Å². The lowest BCUT2D eigenvalue weighted by molar-refractivity contribution is -0.123. The smallest absolute Gasteiger partial charge is 0.255 e. The monoisotopic (exact) mass is 189 g/mol. The van der Waals surface area contributed by atoms with Gasteiger partial charge >= 0.3 is 0 Å². The van der Waals surface area contributed by atoms with Crippen LogP contribution in [0.2, 0.25) is 0 Å². The summed E-state index contributed by atoms with van der Waals surface area (Å²) in [5, 5.41) is 1.34. The Morgan fingerprint density at radius 3 is 3.07 bits per heavy atom. The number of hydrogen-bond donors (Lipinski definition) is 0. The van der Waals surface area contributed by atoms with Gasteiger partial charge in [0.25, 0.3) is 5.91 Å². The first-order chi connectivity index (χ1) is 6.83. The topological polar surface area (TPSA) is 29.5 Å². The normalized spacial score (nSPS) is 14.3. The van der Waals surface area contributed by atoms with Crippen LogP contribution in [-0.4, -0.2) is 12.5 Å². The second-order valence-corrected chi connectivity index (χ2v) is 3.08. The fourth-order valence-electron chi connectivity index (χ4n) is 1.50. The third-order valence-electron chi connectivity index (χ3n) is 2.10. The minimum absolute atomic E-state index is 0.0203. The SMILES string of the molecule is C=CCON1C(=O)Cc2ccccc21. The number of para-hydroxylation sites is 1. The minimum atomic E-state index is -0.0203. The Morgan fingerprint density at radius 1 is 1.50 bits per heavy atom. The Labute approximate surface area is 82.5 Å². The van der Waals surface area contributed by atoms with E-state index in [1.165, 1.54) is 5.06 Å². The molecule has 0 fully saturated rings. The Morgan fingerprint density at radius 2 is 2.29 bits per heavy atom. The van der Waals surface area contributed by atoms with Crippen molar-refractivity contribution < 1.29 is 9.63 Å². The third-order valence-corrected chi connectivity index (χ3v) is 2.10. The quantitative estimate of drug-likeness (QED) is 0.677. The number of fused-ring (bicyclic) bond motifs is 1. The van der Waals surface area contributed by atoms with Crippen molar-refractivity contribution in [2.24, 2.45) is 0 Å². The molecule has 14 heavy (non-hydrogen) atoms. The van der Waals surface area contributed by atoms with Gasteiger partial charge in [-0.25, -0.2) is 0 Å². The second-order valence-electron chi connectivity index (χ2n) is 3.08. The molecule has 1 heterocycles. The number of benzene rings is 1. The number of anilines is 1. The molecule has 3 nitrogen and oxygen atoms in total. The Kier molecular flexibility index (Phi) is 2.33. The highest BCUT2D eigenvalue weighted by molar-refractivity contribution is 5.99. The molecule has 0 aliphatic carbocycles. The van der Waals surface area contributed by atoms with Gasteiger partial charge in [-0.15, -0.1) is 6.58 Å². The zero-order valence-electron chi connectivity index (χ0n) is 7.77. The molecule has 0 radical (unpaired) electrons. The Bertz CT molecular complexity index is 373. The summed E-state index contributed by atoms with van der Waals surface area (Å²) in [5.74, 6) is -0.0203. The van der Waals surface area contributed by atoms with Gasteiger partial charge in [0.05, 0.1) is 18.7 Å². The first-order valence-electron chi connectivity index (χ1n) is 4.47. The molecule has 3 heteroatoms. The minimum Gasteiger partial charge on any atom is -0.272 e. The van der Waals surface area contributed by atoms with Crippen LogP contribution in [0, 0.1) is 0 Å². The molecule has 0 aromatic heterocycles. The van der Waals surface area contributed by atoms with Crippen LogP contribution in [0.15, 0.2) is 36.9 Å². The van der Waals surface area contributed by atoms with Crippen molar-refractivity contribution in [2.75, 3.05) is 11.7 Å². The summed E-state index contributed by atoms with van der Waals surface area (Å²) in [5.41, 5.74) is 1.86. The molecule has 0 spiro atoms. The van der Waals surface area contributed by atoms with E-state index in [4.69, 9.17) is 4.84 Å². The van der Waals surface area contributed by atoms with Crippen LogP contribution >= 0.6 is 0 Å². The van der Waals surface area contributed by atoms with Crippen molar-refractivity contribution >= 4 is 11.6 Å². The highest BCUT2D eigenvalue weighted by Crippen LogP contribution is 2.28. The predicted molar refractivity (Wildman–Crippen MR) is 53.8 cm³/mol. The zero-order chi connectivity index (χ0) is 9.97. The fraction of sp³-hybridized carbons (Fsp3) is 0.182. The van der Waals surface area contributed by atoms with Gasteiger partial charge in [0.2, 0.25) is 0 Å². The second kappa shape index (κ2) is 3.64. The van der Waals surface area contributed by atoms with Gasteiger partial charge in [0.1, 0.15) is 0 Å². The van der Waals surface area contributed by atoms with E-state index < -0.39 is 0 Å². The average molecular weight is 189 g/mol. The van der Waals surface area contributed by atoms with Crippen LogP contribution in [0.1, 0.15) is 5.56 Å². The van der Waals surface area contributed by atoms with E-state index in [0.29, 0.717) is 13.0 Å². The molecule has 0 unspecified atom stereocenters. The van der Waals surface area contributed by atoms with Crippen molar-refractivity contribution in [2.45, 2.75) is 6.42 Å². The highest BCUT2D eigenvalue weighted by atomic mass is 16.7. The number of carbonyl (C=O) groups is 1. The summed E-state index contributed by atoms with van der Waals surface area (Å²) in [6.07, 6.45) is 2.04. The van der Waals surface area contributed by atoms with Crippen LogP contribution in [-0.2, 0) is 16.1 Å². The molecule has 0 N–H and O–H groups in total. The summed E-state index contributed by atoms with van der Waals surface area (Å²) in [7, 11) is 0. The van der Waals surface area contributed by atoms with Crippen LogP contribution in [0.3, 0.4) is 0 Å². The lowest BCUT2D eigenvalue weighted by atomic mass is 10.2. The van der Waals surface area contributed by atoms with E-state index in [-0.39, 0.29) is 5.91 Å². The van der Waals surface area contributed by atoms with E-state index in [9.17, 15) is 4.79 Å². The van der Waals surface area contributed by atoms with E-state index in [0.717, 1.165) is 11.3 Å². The van der Waals surface area contributed by atoms with Gasteiger partial charge in [-0.1, -0.05) is 24.3 Å². The number of hydrogen-bond acceptors (Lipinski definition) is 2. The highest BCUT2D eigenvalue weighted by Gasteiger charge is 2.27. The number of carbonyl (C=O) groups excluding carboxylic acids is 1. The van der Waals surface area contributed by atoms with E-state index >= 15 is 0 Å². The Hall–Kier alpha value is -1.61. The van der Waals surface area contributed by atoms with Gasteiger partial charge in [0.15, 0.2) is 0 Å². The molecule has 72 valence electrons. The number of nitrogens with zero attached hydrogens (tertiary/aromatic N) is 1. The van der Waals surface area contributed by atoms with Gasteiger partial charge in [0, 0.05) is 0 Å². The van der Waals surface area contributed by atoms with Crippen LogP contribution in [0.5, 0.6) is 0 Å². The van der Waals surface area contributed by atoms with Crippen molar-refractivity contribution in [3.63, 3.8) is 0 Å². The lowest BCUT2D eigenvalue weighted by Crippen LogP contribution is -2.26. The van der Waals surface area contributed by atoms with Gasteiger partial charge in [-0.05, 0) is 11.6 Å². The molecular weight excluding hydrogens is 178 g/mol. The van der Waals surface area contributed by atoms with Crippen LogP contribution in [0.4, 0.5) is 5.69 Å². The molecule has 1 aliphatic rings. The first-order valence-corrected chi connectivity index (χ1v) is 4.47. The number of rotatable bonds is 3. The lowest BCUT2D eigenvalue weighted by Gasteiger charge is -2.15. The first kappa shape index (κ1) is 8.97. The van der Waals surface area contributed by atoms with Crippen LogP contribution in [0.25, 0.3) is 0 Å². The predicted octanol–water partition coefficient (Wildman–Crippen LogP) is 1.69. The number of hydroxylamine groups is 1. The molecule has 2 rings (SSSR count). The summed E-state index contributed by atoms with van der Waals surface area (Å²) < 4.78 is 0. The Balaban J connectivity index is 2.25. The molecule has 0 saturated carbocycles. The maximum atomic E-state index is 11.5. The molecule has 1 aromatic rings. The summed E-state index contributed by atoms with van der Waals surface area (Å²) in [6, 6.07) is 7.62. The summed E-state index contributed by atoms with van der Waals surface area (Å²) in [6.45, 7) is 3.89. The molecule has 0 saturated heterocycles. The van der Waals surface area contributed by atoms with E-state index in [2.05, 4.69) is 6.58 Å². The summed E-state index contributed by atoms with van der Waals surface area (Å²) in [4.78, 5) is 16.8. The van der Waals surface area contributed by atoms with E-state index in [1.54, 1.807) is 6.08 Å². The molecule has 0 atom stereocenters. The molecule has 0 bridgehead atoms. The maximum Gasteiger partial charge on any atom is 0.255 e. The van der Waals surface area contributed by atoms with Crippen LogP contribution < -0.4 is 5.06 Å². The standard InChI is InChI=1S/C11H11NO2/c1-2-7-14-12-10-6-4-3-5-9(10)8-11(12)13/h2-6H,1,7-8H2.